The van der Waals surface area contributed by atoms with Crippen LogP contribution in [0.1, 0.15) is 112 Å². The molecule has 6 rings (SSSR count). The number of carbonyl (C=O) groups excluding carboxylic acids is 2. The van der Waals surface area contributed by atoms with Crippen molar-refractivity contribution >= 4 is 17.7 Å². The fourth-order valence-electron chi connectivity index (χ4n) is 13.1. The first kappa shape index (κ1) is 40.0. The monoisotopic (exact) mass is 738 g/mol. The zero-order valence-electron chi connectivity index (χ0n) is 31.4. The van der Waals surface area contributed by atoms with E-state index in [1.165, 1.54) is 13.8 Å². The number of Topliss-reactive ketones (excluding diaryl/α,β-unsaturated/α-hetero) is 1. The average Bonchev–Trinajstić information content (AvgIpc) is 3.66. The number of fused-ring (bicyclic) bond motifs is 2. The summed E-state index contributed by atoms with van der Waals surface area (Å²) in [5, 5.41) is 84.3. The van der Waals surface area contributed by atoms with Crippen molar-refractivity contribution in [1.82, 2.24) is 0 Å². The average molecular weight is 739 g/mol. The second-order valence-electron chi connectivity index (χ2n) is 18.8. The molecule has 2 spiro atoms. The van der Waals surface area contributed by atoms with Crippen LogP contribution in [0.5, 0.6) is 0 Å². The number of aliphatic hydroxyl groups is 7. The lowest BCUT2D eigenvalue weighted by molar-refractivity contribution is -0.237. The lowest BCUT2D eigenvalue weighted by Gasteiger charge is -2.62. The standard InChI is InChI=1S/C39H62O13/c1-20(25(42)16-39(50,19-40)34(2,3)49)22-8-10-36(5)28-7-6-23-21(24(41)9-11-37(23)18-38(28,37)13-12-35(22,36)4)14-26-31(46)33(48)32(47)27(52-26)17-51-30(45)15-29(43)44/h20-23,25-28,31-33,40,42,46-50H,6-19H2,1-5H3,(H,43,44)/t20-,21-,22+,23-,25?,26-,27+,28-,31-,32+,33+,35+,36-,37+,38-,39?/m0/s1. The Bertz CT molecular complexity index is 1400. The summed E-state index contributed by atoms with van der Waals surface area (Å²) in [4.78, 5) is 36.4. The highest BCUT2D eigenvalue weighted by atomic mass is 16.6. The summed E-state index contributed by atoms with van der Waals surface area (Å²) < 4.78 is 11.0. The summed E-state index contributed by atoms with van der Waals surface area (Å²) in [5.74, 6) is -2.14. The van der Waals surface area contributed by atoms with Crippen LogP contribution in [0, 0.1) is 51.2 Å². The zero-order valence-corrected chi connectivity index (χ0v) is 31.4. The van der Waals surface area contributed by atoms with Crippen molar-refractivity contribution in [3.05, 3.63) is 0 Å². The maximum atomic E-state index is 13.7. The third-order valence-corrected chi connectivity index (χ3v) is 16.5. The van der Waals surface area contributed by atoms with E-state index in [9.17, 15) is 50.1 Å². The maximum Gasteiger partial charge on any atom is 0.317 e. The van der Waals surface area contributed by atoms with Gasteiger partial charge < -0.3 is 50.3 Å². The molecule has 296 valence electrons. The Labute approximate surface area is 306 Å². The molecule has 1 aliphatic heterocycles. The molecule has 13 heteroatoms. The number of carboxylic acids is 1. The van der Waals surface area contributed by atoms with Crippen molar-refractivity contribution in [2.24, 2.45) is 51.2 Å². The minimum atomic E-state index is -1.83. The van der Waals surface area contributed by atoms with Gasteiger partial charge in [-0.1, -0.05) is 20.8 Å². The number of esters is 1. The summed E-state index contributed by atoms with van der Waals surface area (Å²) in [7, 11) is 0. The number of rotatable bonds is 12. The molecule has 5 aliphatic carbocycles. The lowest BCUT2D eigenvalue weighted by atomic mass is 9.42. The molecule has 8 N–H and O–H groups in total. The van der Waals surface area contributed by atoms with Crippen LogP contribution in [0.4, 0.5) is 0 Å². The SMILES string of the molecule is C[C@H](C(O)CC(O)(CO)C(C)(C)O)[C@H]1CC[C@@]2(C)[C@@H]3CC[C@H]4[C@H](C[C@@H]5O[C@H](COC(=O)CC(=O)O)[C@@H](O)[C@H](O)[C@H]5O)C(=O)CC[C@@]45C[C@@]35CC[C@]12C. The molecular formula is C39H62O13. The Kier molecular flexibility index (Phi) is 10.4. The summed E-state index contributed by atoms with van der Waals surface area (Å²) >= 11 is 0. The minimum absolute atomic E-state index is 0.00688. The molecule has 1 heterocycles. The first-order valence-corrected chi connectivity index (χ1v) is 19.4. The number of carbonyl (C=O) groups is 3. The number of ether oxygens (including phenoxy) is 2. The molecule has 0 aromatic rings. The fourth-order valence-corrected chi connectivity index (χ4v) is 13.1. The van der Waals surface area contributed by atoms with E-state index >= 15 is 0 Å². The molecule has 52 heavy (non-hydrogen) atoms. The molecule has 0 bridgehead atoms. The van der Waals surface area contributed by atoms with E-state index in [0.717, 1.165) is 51.4 Å². The predicted octanol–water partition coefficient (Wildman–Crippen LogP) is 1.72. The highest BCUT2D eigenvalue weighted by Gasteiger charge is 2.81. The lowest BCUT2D eigenvalue weighted by Crippen LogP contribution is -2.60. The van der Waals surface area contributed by atoms with Crippen LogP contribution in [0.2, 0.25) is 0 Å². The van der Waals surface area contributed by atoms with Crippen molar-refractivity contribution in [3.8, 4) is 0 Å². The van der Waals surface area contributed by atoms with Crippen molar-refractivity contribution in [1.29, 1.82) is 0 Å². The molecule has 0 aromatic carbocycles. The second kappa shape index (κ2) is 13.5. The molecule has 5 saturated carbocycles. The molecule has 0 radical (unpaired) electrons. The smallest absolute Gasteiger partial charge is 0.317 e. The van der Waals surface area contributed by atoms with Gasteiger partial charge >= 0.3 is 11.9 Å². The summed E-state index contributed by atoms with van der Waals surface area (Å²) in [6.45, 7) is 8.57. The van der Waals surface area contributed by atoms with Gasteiger partial charge in [0.25, 0.3) is 0 Å². The van der Waals surface area contributed by atoms with Gasteiger partial charge in [0, 0.05) is 18.8 Å². The molecule has 6 fully saturated rings. The van der Waals surface area contributed by atoms with Crippen molar-refractivity contribution < 1.29 is 64.7 Å². The zero-order chi connectivity index (χ0) is 38.4. The van der Waals surface area contributed by atoms with Crippen LogP contribution >= 0.6 is 0 Å². The van der Waals surface area contributed by atoms with Gasteiger partial charge in [-0.3, -0.25) is 14.4 Å². The van der Waals surface area contributed by atoms with Gasteiger partial charge in [-0.2, -0.15) is 0 Å². The Morgan fingerprint density at radius 2 is 1.62 bits per heavy atom. The third kappa shape index (κ3) is 5.99. The fraction of sp³-hybridized carbons (Fsp3) is 0.923. The van der Waals surface area contributed by atoms with Gasteiger partial charge in [0.05, 0.1) is 24.4 Å². The van der Waals surface area contributed by atoms with Crippen LogP contribution < -0.4 is 0 Å². The van der Waals surface area contributed by atoms with Gasteiger partial charge in [0.2, 0.25) is 0 Å². The normalized spacial score (nSPS) is 46.5. The van der Waals surface area contributed by atoms with Crippen LogP contribution in [-0.2, 0) is 23.9 Å². The summed E-state index contributed by atoms with van der Waals surface area (Å²) in [6.07, 6.45) is -0.542. The van der Waals surface area contributed by atoms with Gasteiger partial charge in [-0.15, -0.1) is 0 Å². The topological polar surface area (TPSA) is 232 Å². The highest BCUT2D eigenvalue weighted by molar-refractivity contribution is 5.90. The van der Waals surface area contributed by atoms with E-state index in [1.54, 1.807) is 0 Å². The second-order valence-corrected chi connectivity index (χ2v) is 18.8. The number of aliphatic carboxylic acids is 1. The number of hydrogen-bond acceptors (Lipinski definition) is 12. The van der Waals surface area contributed by atoms with E-state index in [1.807, 2.05) is 6.92 Å². The first-order valence-electron chi connectivity index (χ1n) is 19.4. The highest BCUT2D eigenvalue weighted by Crippen LogP contribution is 2.88. The van der Waals surface area contributed by atoms with Crippen LogP contribution in [0.3, 0.4) is 0 Å². The Hall–Kier alpha value is -1.71. The van der Waals surface area contributed by atoms with E-state index in [2.05, 4.69) is 13.8 Å². The predicted molar refractivity (Wildman–Crippen MR) is 184 cm³/mol. The largest absolute Gasteiger partial charge is 0.481 e. The van der Waals surface area contributed by atoms with E-state index < -0.39 is 85.3 Å². The summed E-state index contributed by atoms with van der Waals surface area (Å²) in [6, 6.07) is 0. The summed E-state index contributed by atoms with van der Waals surface area (Å²) in [5.41, 5.74) is -3.44. The molecule has 1 saturated heterocycles. The number of hydrogen-bond donors (Lipinski definition) is 8. The van der Waals surface area contributed by atoms with Crippen LogP contribution in [0.15, 0.2) is 0 Å². The molecule has 0 aromatic heterocycles. The Balaban J connectivity index is 1.17. The van der Waals surface area contributed by atoms with E-state index in [-0.39, 0.29) is 58.0 Å². The molecule has 16 atom stereocenters. The molecule has 0 amide bonds. The van der Waals surface area contributed by atoms with E-state index in [0.29, 0.717) is 12.3 Å². The molecule has 6 aliphatic rings. The molecule has 2 unspecified atom stereocenters. The Morgan fingerprint density at radius 1 is 0.942 bits per heavy atom. The van der Waals surface area contributed by atoms with Crippen LogP contribution in [0.25, 0.3) is 0 Å². The number of ketones is 1. The van der Waals surface area contributed by atoms with Gasteiger partial charge in [0.1, 0.15) is 48.8 Å². The minimum Gasteiger partial charge on any atom is -0.481 e. The quantitative estimate of drug-likeness (QED) is 0.105. The van der Waals surface area contributed by atoms with Crippen LogP contribution in [-0.4, -0.2) is 120 Å². The van der Waals surface area contributed by atoms with Gasteiger partial charge in [-0.05, 0) is 117 Å². The maximum absolute atomic E-state index is 13.7. The third-order valence-electron chi connectivity index (χ3n) is 16.5. The number of carboxylic acid groups (broad SMARTS) is 1. The van der Waals surface area contributed by atoms with Gasteiger partial charge in [0.15, 0.2) is 0 Å². The van der Waals surface area contributed by atoms with Crippen molar-refractivity contribution in [2.75, 3.05) is 13.2 Å². The molecule has 13 nitrogen and oxygen atoms in total. The van der Waals surface area contributed by atoms with Crippen molar-refractivity contribution in [2.45, 2.75) is 159 Å². The first-order chi connectivity index (χ1) is 24.1. The van der Waals surface area contributed by atoms with E-state index in [4.69, 9.17) is 14.6 Å². The van der Waals surface area contributed by atoms with Gasteiger partial charge in [-0.25, -0.2) is 0 Å². The van der Waals surface area contributed by atoms with Crippen molar-refractivity contribution in [3.63, 3.8) is 0 Å². The Morgan fingerprint density at radius 3 is 2.25 bits per heavy atom. The number of aliphatic hydroxyl groups excluding tert-OH is 5. The molecular weight excluding hydrogens is 676 g/mol.